The number of ether oxygens (including phenoxy) is 1. The van der Waals surface area contributed by atoms with Crippen molar-refractivity contribution in [3.63, 3.8) is 0 Å². The first kappa shape index (κ1) is 23.0. The Bertz CT molecular complexity index is 571. The molecular formula is C22H36N2O3. The number of hydrogen-bond acceptors (Lipinski definition) is 4. The average molecular weight is 377 g/mol. The van der Waals surface area contributed by atoms with Crippen molar-refractivity contribution in [2.24, 2.45) is 11.7 Å². The van der Waals surface area contributed by atoms with E-state index in [9.17, 15) is 9.59 Å². The zero-order valence-electron chi connectivity index (χ0n) is 17.3. The topological polar surface area (TPSA) is 81.4 Å². The summed E-state index contributed by atoms with van der Waals surface area (Å²) >= 11 is 0. The van der Waals surface area contributed by atoms with Gasteiger partial charge in [0, 0.05) is 11.7 Å². The van der Waals surface area contributed by atoms with Crippen LogP contribution in [0.25, 0.3) is 0 Å². The largest absolute Gasteiger partial charge is 0.449 e. The lowest BCUT2D eigenvalue weighted by Crippen LogP contribution is -2.30. The monoisotopic (exact) mass is 376 g/mol. The fourth-order valence-electron chi connectivity index (χ4n) is 3.09. The predicted octanol–water partition coefficient (Wildman–Crippen LogP) is 4.90. The highest BCUT2D eigenvalue weighted by Crippen LogP contribution is 2.22. The summed E-state index contributed by atoms with van der Waals surface area (Å²) in [4.78, 5) is 23.0. The second-order valence-electron chi connectivity index (χ2n) is 7.27. The maximum Gasteiger partial charge on any atom is 0.338 e. The molecule has 0 radical (unpaired) electrons. The molecule has 1 aromatic carbocycles. The predicted molar refractivity (Wildman–Crippen MR) is 111 cm³/mol. The summed E-state index contributed by atoms with van der Waals surface area (Å²) < 4.78 is 5.02. The Balaban J connectivity index is 2.56. The number of hydrogen-bond donors (Lipinski definition) is 2. The summed E-state index contributed by atoms with van der Waals surface area (Å²) in [5.74, 6) is -0.386. The van der Waals surface area contributed by atoms with Gasteiger partial charge in [-0.3, -0.25) is 4.79 Å². The van der Waals surface area contributed by atoms with Crippen molar-refractivity contribution in [3.8, 4) is 0 Å². The highest BCUT2D eigenvalue weighted by Gasteiger charge is 2.16. The lowest BCUT2D eigenvalue weighted by molar-refractivity contribution is -0.125. The molecule has 3 unspecified atom stereocenters. The van der Waals surface area contributed by atoms with Crippen LogP contribution in [-0.2, 0) is 9.53 Å². The van der Waals surface area contributed by atoms with Gasteiger partial charge in [-0.05, 0) is 56.4 Å². The van der Waals surface area contributed by atoms with Crippen LogP contribution in [0.4, 0.5) is 5.69 Å². The molecule has 3 atom stereocenters. The summed E-state index contributed by atoms with van der Waals surface area (Å²) in [5, 5.41) is 3.56. The van der Waals surface area contributed by atoms with Gasteiger partial charge in [0.2, 0.25) is 0 Å². The van der Waals surface area contributed by atoms with Crippen molar-refractivity contribution in [1.29, 1.82) is 0 Å². The lowest BCUT2D eigenvalue weighted by atomic mass is 9.92. The minimum Gasteiger partial charge on any atom is -0.449 e. The van der Waals surface area contributed by atoms with E-state index in [1.54, 1.807) is 12.1 Å². The molecular weight excluding hydrogens is 340 g/mol. The van der Waals surface area contributed by atoms with Crippen LogP contribution in [-0.4, -0.2) is 24.0 Å². The second kappa shape index (κ2) is 12.4. The molecule has 0 aliphatic carbocycles. The summed E-state index contributed by atoms with van der Waals surface area (Å²) in [5.41, 5.74) is 6.52. The first-order valence-electron chi connectivity index (χ1n) is 10.3. The van der Waals surface area contributed by atoms with E-state index in [4.69, 9.17) is 10.5 Å². The molecule has 1 rings (SSSR count). The van der Waals surface area contributed by atoms with Crippen LogP contribution in [0.2, 0.25) is 0 Å². The van der Waals surface area contributed by atoms with E-state index in [0.29, 0.717) is 11.6 Å². The first-order valence-corrected chi connectivity index (χ1v) is 10.3. The zero-order chi connectivity index (χ0) is 20.2. The third kappa shape index (κ3) is 8.46. The van der Waals surface area contributed by atoms with Gasteiger partial charge < -0.3 is 15.8 Å². The number of anilines is 1. The average Bonchev–Trinajstić information content (AvgIpc) is 2.67. The standard InChI is InChI=1S/C22H36N2O3/c1-5-8-9-17(6-2)10-13-19(7-3)24-20-14-11-18(12-15-20)22(26)27-16(4)21(23)25/h11-12,14-17,19,24H,5-10,13H2,1-4H3,(H2,23,25). The number of nitrogens with one attached hydrogen (secondary N) is 1. The van der Waals surface area contributed by atoms with Crippen molar-refractivity contribution < 1.29 is 14.3 Å². The SMILES string of the molecule is CCCCC(CC)CCC(CC)Nc1ccc(C(=O)OC(C)C(N)=O)cc1. The van der Waals surface area contributed by atoms with Crippen LogP contribution < -0.4 is 11.1 Å². The van der Waals surface area contributed by atoms with E-state index in [-0.39, 0.29) is 0 Å². The Hall–Kier alpha value is -2.04. The van der Waals surface area contributed by atoms with Gasteiger partial charge in [-0.15, -0.1) is 0 Å². The van der Waals surface area contributed by atoms with Crippen LogP contribution in [0.1, 0.15) is 83.0 Å². The number of carbonyl (C=O) groups is 2. The van der Waals surface area contributed by atoms with Gasteiger partial charge in [-0.25, -0.2) is 4.79 Å². The second-order valence-corrected chi connectivity index (χ2v) is 7.27. The van der Waals surface area contributed by atoms with E-state index < -0.39 is 18.0 Å². The van der Waals surface area contributed by atoms with Gasteiger partial charge >= 0.3 is 5.97 Å². The summed E-state index contributed by atoms with van der Waals surface area (Å²) in [6.45, 7) is 8.19. The molecule has 0 saturated carbocycles. The highest BCUT2D eigenvalue weighted by atomic mass is 16.5. The molecule has 1 aromatic rings. The molecule has 0 heterocycles. The van der Waals surface area contributed by atoms with Crippen LogP contribution in [0.5, 0.6) is 0 Å². The summed E-state index contributed by atoms with van der Waals surface area (Å²) in [7, 11) is 0. The Morgan fingerprint density at radius 1 is 1.04 bits per heavy atom. The number of nitrogens with two attached hydrogens (primary N) is 1. The van der Waals surface area contributed by atoms with Gasteiger partial charge in [0.25, 0.3) is 5.91 Å². The van der Waals surface area contributed by atoms with Gasteiger partial charge in [-0.2, -0.15) is 0 Å². The number of esters is 1. The normalized spacial score (nSPS) is 14.2. The Morgan fingerprint density at radius 2 is 1.70 bits per heavy atom. The van der Waals surface area contributed by atoms with E-state index in [2.05, 4.69) is 26.1 Å². The fourth-order valence-corrected chi connectivity index (χ4v) is 3.09. The summed E-state index contributed by atoms with van der Waals surface area (Å²) in [6.07, 6.45) is 7.67. The first-order chi connectivity index (χ1) is 12.9. The van der Waals surface area contributed by atoms with Gasteiger partial charge in [-0.1, -0.05) is 46.5 Å². The maximum atomic E-state index is 12.0. The molecule has 5 heteroatoms. The Morgan fingerprint density at radius 3 is 2.22 bits per heavy atom. The fraction of sp³-hybridized carbons (Fsp3) is 0.636. The van der Waals surface area contributed by atoms with E-state index in [1.807, 2.05) is 12.1 Å². The third-order valence-corrected chi connectivity index (χ3v) is 5.14. The molecule has 27 heavy (non-hydrogen) atoms. The van der Waals surface area contributed by atoms with Crippen molar-refractivity contribution in [1.82, 2.24) is 0 Å². The van der Waals surface area contributed by atoms with Crippen LogP contribution in [0.3, 0.4) is 0 Å². The lowest BCUT2D eigenvalue weighted by Gasteiger charge is -2.22. The molecule has 0 aliphatic heterocycles. The van der Waals surface area contributed by atoms with Crippen molar-refractivity contribution in [2.75, 3.05) is 5.32 Å². The minimum atomic E-state index is -0.931. The molecule has 0 aliphatic rings. The quantitative estimate of drug-likeness (QED) is 0.480. The smallest absolute Gasteiger partial charge is 0.338 e. The minimum absolute atomic E-state index is 0.410. The van der Waals surface area contributed by atoms with Crippen molar-refractivity contribution >= 4 is 17.6 Å². The molecule has 152 valence electrons. The molecule has 3 N–H and O–H groups in total. The molecule has 5 nitrogen and oxygen atoms in total. The number of rotatable bonds is 13. The van der Waals surface area contributed by atoms with Gasteiger partial charge in [0.15, 0.2) is 6.10 Å². The number of benzene rings is 1. The molecule has 0 fully saturated rings. The molecule has 1 amide bonds. The van der Waals surface area contributed by atoms with Gasteiger partial charge in [0.1, 0.15) is 0 Å². The van der Waals surface area contributed by atoms with Crippen LogP contribution >= 0.6 is 0 Å². The number of unbranched alkanes of at least 4 members (excludes halogenated alkanes) is 1. The van der Waals surface area contributed by atoms with Crippen molar-refractivity contribution in [2.45, 2.75) is 84.8 Å². The molecule has 0 spiro atoms. The van der Waals surface area contributed by atoms with E-state index in [1.165, 1.54) is 39.0 Å². The summed E-state index contributed by atoms with van der Waals surface area (Å²) in [6, 6.07) is 7.60. The Labute approximate surface area is 164 Å². The van der Waals surface area contributed by atoms with E-state index in [0.717, 1.165) is 24.4 Å². The molecule has 0 bridgehead atoms. The van der Waals surface area contributed by atoms with Crippen molar-refractivity contribution in [3.05, 3.63) is 29.8 Å². The third-order valence-electron chi connectivity index (χ3n) is 5.14. The molecule has 0 saturated heterocycles. The van der Waals surface area contributed by atoms with Crippen LogP contribution in [0, 0.1) is 5.92 Å². The van der Waals surface area contributed by atoms with Crippen LogP contribution in [0.15, 0.2) is 24.3 Å². The maximum absolute atomic E-state index is 12.0. The highest BCUT2D eigenvalue weighted by molar-refractivity contribution is 5.92. The zero-order valence-corrected chi connectivity index (χ0v) is 17.3. The number of primary amides is 1. The van der Waals surface area contributed by atoms with E-state index >= 15 is 0 Å². The molecule has 0 aromatic heterocycles. The van der Waals surface area contributed by atoms with Gasteiger partial charge in [0.05, 0.1) is 5.56 Å². The number of carbonyl (C=O) groups excluding carboxylic acids is 2. The number of amides is 1. The Kier molecular flexibility index (Phi) is 10.5.